The van der Waals surface area contributed by atoms with E-state index >= 15 is 0 Å². The van der Waals surface area contributed by atoms with Crippen LogP contribution in [0.3, 0.4) is 0 Å². The normalized spacial score (nSPS) is 13.2. The van der Waals surface area contributed by atoms with E-state index in [0.29, 0.717) is 25.7 Å². The molecule has 0 aromatic heterocycles. The highest BCUT2D eigenvalue weighted by Gasteiger charge is 2.19. The SMILES string of the molecule is CC/C=C\C/C=C\C/C=C\C/C=C\C/C=C\CCCCCCCCCCCC(=O)OCC(COC(=O)CCCC/C=C\C/C=C\C/C=C\C/C=C\CC)OC(=O)CCCCCCCC/C=C\C/C=C\C/C=C\C/C=C\CC. The molecule has 0 radical (unpaired) electrons. The molecular weight excluding hydrogens is 949 g/mol. The number of rotatable bonds is 54. The predicted octanol–water partition coefficient (Wildman–Crippen LogP) is 21.3. The zero-order chi connectivity index (χ0) is 55.7. The molecule has 0 amide bonds. The number of hydrogen-bond acceptors (Lipinski definition) is 6. The number of unbranched alkanes of at least 4 members (excludes halogenated alkanes) is 17. The van der Waals surface area contributed by atoms with E-state index in [1.165, 1.54) is 51.4 Å². The minimum Gasteiger partial charge on any atom is -0.462 e. The molecule has 0 aliphatic carbocycles. The molecule has 432 valence electrons. The molecular formula is C71H112O6. The third-order valence-electron chi connectivity index (χ3n) is 12.5. The van der Waals surface area contributed by atoms with Crippen LogP contribution in [0, 0.1) is 0 Å². The summed E-state index contributed by atoms with van der Waals surface area (Å²) in [6, 6.07) is 0. The molecule has 0 saturated heterocycles. The maximum absolute atomic E-state index is 12.9. The van der Waals surface area contributed by atoms with E-state index in [9.17, 15) is 14.4 Å². The number of ether oxygens (including phenoxy) is 3. The minimum absolute atomic E-state index is 0.107. The van der Waals surface area contributed by atoms with Crippen LogP contribution in [0.15, 0.2) is 158 Å². The summed E-state index contributed by atoms with van der Waals surface area (Å²) in [5.41, 5.74) is 0. The van der Waals surface area contributed by atoms with Crippen LogP contribution in [0.2, 0.25) is 0 Å². The third-order valence-corrected chi connectivity index (χ3v) is 12.5. The Bertz CT molecular complexity index is 1740. The molecule has 0 aromatic carbocycles. The van der Waals surface area contributed by atoms with Crippen molar-refractivity contribution in [2.75, 3.05) is 13.2 Å². The van der Waals surface area contributed by atoms with Crippen molar-refractivity contribution in [1.82, 2.24) is 0 Å². The number of esters is 3. The van der Waals surface area contributed by atoms with Crippen molar-refractivity contribution in [3.63, 3.8) is 0 Å². The van der Waals surface area contributed by atoms with Crippen molar-refractivity contribution in [2.24, 2.45) is 0 Å². The average Bonchev–Trinajstić information content (AvgIpc) is 3.43. The second-order valence-electron chi connectivity index (χ2n) is 19.8. The summed E-state index contributed by atoms with van der Waals surface area (Å²) in [5.74, 6) is -0.974. The molecule has 0 rings (SSSR count). The fraction of sp³-hybridized carbons (Fsp3) is 0.592. The second kappa shape index (κ2) is 63.6. The van der Waals surface area contributed by atoms with Crippen LogP contribution in [0.5, 0.6) is 0 Å². The highest BCUT2D eigenvalue weighted by molar-refractivity contribution is 5.71. The van der Waals surface area contributed by atoms with Gasteiger partial charge in [-0.25, -0.2) is 0 Å². The zero-order valence-corrected chi connectivity index (χ0v) is 49.4. The van der Waals surface area contributed by atoms with Crippen LogP contribution in [-0.2, 0) is 28.6 Å². The molecule has 1 atom stereocenters. The van der Waals surface area contributed by atoms with E-state index in [-0.39, 0.29) is 31.1 Å². The Kier molecular flexibility index (Phi) is 59.5. The standard InChI is InChI=1S/C71H112O6/c1-4-7-10-13-16-19-22-25-28-30-32-33-34-35-36-37-39-40-43-46-49-52-55-58-61-64-70(73)76-67-68(66-75-69(72)63-60-57-54-51-48-45-42-27-24-21-18-15-12-9-6-3)77-71(74)65-62-59-56-53-50-47-44-41-38-31-29-26-23-20-17-14-11-8-5-2/h7-12,16-21,25-29,32-33,35-36,38,41-42,48,51,68H,4-6,13-15,22-24,30-31,34,37,39-40,43-47,49-50,52-67H2,1-3H3/b10-7-,11-8-,12-9-,19-16-,20-17-,21-18-,28-25-,29-26-,33-32-,36-35-,41-38-,42-27-,51-48-. The van der Waals surface area contributed by atoms with Crippen molar-refractivity contribution in [3.05, 3.63) is 158 Å². The van der Waals surface area contributed by atoms with Crippen molar-refractivity contribution >= 4 is 17.9 Å². The maximum atomic E-state index is 12.9. The first-order valence-corrected chi connectivity index (χ1v) is 31.0. The summed E-state index contributed by atoms with van der Waals surface area (Å²) >= 11 is 0. The summed E-state index contributed by atoms with van der Waals surface area (Å²) in [4.78, 5) is 38.3. The molecule has 77 heavy (non-hydrogen) atoms. The lowest BCUT2D eigenvalue weighted by atomic mass is 10.1. The Morgan fingerprint density at radius 2 is 0.468 bits per heavy atom. The van der Waals surface area contributed by atoms with Crippen LogP contribution < -0.4 is 0 Å². The molecule has 6 nitrogen and oxygen atoms in total. The largest absolute Gasteiger partial charge is 0.462 e. The number of allylic oxidation sites excluding steroid dienone is 26. The fourth-order valence-corrected chi connectivity index (χ4v) is 7.98. The van der Waals surface area contributed by atoms with Gasteiger partial charge in [-0.1, -0.05) is 249 Å². The van der Waals surface area contributed by atoms with Crippen LogP contribution in [0.4, 0.5) is 0 Å². The molecule has 0 fully saturated rings. The first-order chi connectivity index (χ1) is 38.0. The van der Waals surface area contributed by atoms with E-state index in [2.05, 4.69) is 179 Å². The summed E-state index contributed by atoms with van der Waals surface area (Å²) in [7, 11) is 0. The lowest BCUT2D eigenvalue weighted by molar-refractivity contribution is -0.167. The molecule has 0 aliphatic rings. The number of carbonyl (C=O) groups is 3. The van der Waals surface area contributed by atoms with E-state index in [0.717, 1.165) is 154 Å². The van der Waals surface area contributed by atoms with E-state index in [1.807, 2.05) is 0 Å². The topological polar surface area (TPSA) is 78.9 Å². The molecule has 0 heterocycles. The van der Waals surface area contributed by atoms with Gasteiger partial charge in [-0.2, -0.15) is 0 Å². The van der Waals surface area contributed by atoms with Gasteiger partial charge in [0.2, 0.25) is 0 Å². The second-order valence-corrected chi connectivity index (χ2v) is 19.8. The van der Waals surface area contributed by atoms with Crippen LogP contribution >= 0.6 is 0 Å². The summed E-state index contributed by atoms with van der Waals surface area (Å²) in [6.45, 7) is 6.24. The van der Waals surface area contributed by atoms with Gasteiger partial charge < -0.3 is 14.2 Å². The van der Waals surface area contributed by atoms with Crippen LogP contribution in [0.25, 0.3) is 0 Å². The smallest absolute Gasteiger partial charge is 0.306 e. The molecule has 6 heteroatoms. The Morgan fingerprint density at radius 3 is 0.753 bits per heavy atom. The number of carbonyl (C=O) groups excluding carboxylic acids is 3. The molecule has 0 saturated carbocycles. The average molecular weight is 1060 g/mol. The molecule has 0 spiro atoms. The van der Waals surface area contributed by atoms with Crippen LogP contribution in [-0.4, -0.2) is 37.2 Å². The highest BCUT2D eigenvalue weighted by atomic mass is 16.6. The lowest BCUT2D eigenvalue weighted by Gasteiger charge is -2.18. The molecule has 0 aliphatic heterocycles. The molecule has 0 aromatic rings. The first-order valence-electron chi connectivity index (χ1n) is 31.0. The first kappa shape index (κ1) is 72.0. The van der Waals surface area contributed by atoms with Gasteiger partial charge in [0.05, 0.1) is 0 Å². The summed E-state index contributed by atoms with van der Waals surface area (Å²) in [6.07, 6.45) is 92.4. The van der Waals surface area contributed by atoms with Gasteiger partial charge in [0, 0.05) is 19.3 Å². The Labute approximate surface area is 473 Å². The quantitative estimate of drug-likeness (QED) is 0.0261. The Morgan fingerprint density at radius 1 is 0.260 bits per heavy atom. The predicted molar refractivity (Wildman–Crippen MR) is 334 cm³/mol. The van der Waals surface area contributed by atoms with Crippen molar-refractivity contribution in [3.8, 4) is 0 Å². The van der Waals surface area contributed by atoms with Crippen molar-refractivity contribution in [2.45, 2.75) is 258 Å². The van der Waals surface area contributed by atoms with Gasteiger partial charge >= 0.3 is 17.9 Å². The fourth-order valence-electron chi connectivity index (χ4n) is 7.98. The van der Waals surface area contributed by atoms with E-state index in [4.69, 9.17) is 14.2 Å². The van der Waals surface area contributed by atoms with E-state index in [1.54, 1.807) is 0 Å². The third kappa shape index (κ3) is 61.8. The lowest BCUT2D eigenvalue weighted by Crippen LogP contribution is -2.30. The molecule has 0 bridgehead atoms. The van der Waals surface area contributed by atoms with Gasteiger partial charge in [0.15, 0.2) is 6.10 Å². The summed E-state index contributed by atoms with van der Waals surface area (Å²) in [5, 5.41) is 0. The number of hydrogen-bond donors (Lipinski definition) is 0. The van der Waals surface area contributed by atoms with Gasteiger partial charge in [0.1, 0.15) is 13.2 Å². The van der Waals surface area contributed by atoms with Crippen molar-refractivity contribution in [1.29, 1.82) is 0 Å². The van der Waals surface area contributed by atoms with Gasteiger partial charge in [-0.3, -0.25) is 14.4 Å². The minimum atomic E-state index is -0.815. The Hall–Kier alpha value is -4.97. The molecule has 1 unspecified atom stereocenters. The van der Waals surface area contributed by atoms with Gasteiger partial charge in [-0.15, -0.1) is 0 Å². The molecule has 0 N–H and O–H groups in total. The van der Waals surface area contributed by atoms with Crippen molar-refractivity contribution < 1.29 is 28.6 Å². The monoisotopic (exact) mass is 1060 g/mol. The van der Waals surface area contributed by atoms with Crippen LogP contribution in [0.1, 0.15) is 252 Å². The Balaban J connectivity index is 4.46. The van der Waals surface area contributed by atoms with Gasteiger partial charge in [-0.05, 0) is 141 Å². The van der Waals surface area contributed by atoms with Gasteiger partial charge in [0.25, 0.3) is 0 Å². The summed E-state index contributed by atoms with van der Waals surface area (Å²) < 4.78 is 16.9. The van der Waals surface area contributed by atoms with E-state index < -0.39 is 6.10 Å². The zero-order valence-electron chi connectivity index (χ0n) is 49.4. The highest BCUT2D eigenvalue weighted by Crippen LogP contribution is 2.14. The maximum Gasteiger partial charge on any atom is 0.306 e.